The molecule has 0 aliphatic rings. The number of aryl methyl sites for hydroxylation is 1. The molecule has 0 bridgehead atoms. The standard InChI is InChI=1S/C15H14N4O/c1-19-7-6-17-14(19)10-18-15(20)12-2-3-13-9-16-5-4-11(13)8-12/h2-9H,10H2,1H3,(H,18,20). The SMILES string of the molecule is Cn1ccnc1CNC(=O)c1ccc2cnccc2c1. The van der Waals surface area contributed by atoms with Crippen molar-refractivity contribution in [2.45, 2.75) is 6.54 Å². The van der Waals surface area contributed by atoms with E-state index in [0.29, 0.717) is 12.1 Å². The number of nitrogens with zero attached hydrogens (tertiary/aromatic N) is 3. The van der Waals surface area contributed by atoms with E-state index in [1.54, 1.807) is 24.7 Å². The van der Waals surface area contributed by atoms with Gasteiger partial charge in [-0.2, -0.15) is 0 Å². The molecular formula is C15H14N4O. The molecule has 0 aliphatic heterocycles. The Labute approximate surface area is 116 Å². The number of benzene rings is 1. The molecule has 20 heavy (non-hydrogen) atoms. The smallest absolute Gasteiger partial charge is 0.251 e. The molecule has 5 heteroatoms. The average Bonchev–Trinajstić information content (AvgIpc) is 2.89. The first-order valence-electron chi connectivity index (χ1n) is 6.32. The van der Waals surface area contributed by atoms with Gasteiger partial charge in [0, 0.05) is 42.8 Å². The summed E-state index contributed by atoms with van der Waals surface area (Å²) < 4.78 is 1.88. The van der Waals surface area contributed by atoms with Crippen molar-refractivity contribution >= 4 is 16.7 Å². The van der Waals surface area contributed by atoms with E-state index in [2.05, 4.69) is 15.3 Å². The monoisotopic (exact) mass is 266 g/mol. The molecule has 1 aromatic carbocycles. The molecule has 3 aromatic rings. The van der Waals surface area contributed by atoms with Crippen molar-refractivity contribution in [1.82, 2.24) is 19.9 Å². The molecule has 0 spiro atoms. The number of imidazole rings is 1. The Balaban J connectivity index is 1.77. The highest BCUT2D eigenvalue weighted by Gasteiger charge is 2.07. The van der Waals surface area contributed by atoms with E-state index in [0.717, 1.165) is 16.6 Å². The summed E-state index contributed by atoms with van der Waals surface area (Å²) in [5.41, 5.74) is 0.637. The van der Waals surface area contributed by atoms with Crippen LogP contribution in [0.4, 0.5) is 0 Å². The number of amides is 1. The molecule has 0 unspecified atom stereocenters. The van der Waals surface area contributed by atoms with Crippen LogP contribution in [0.1, 0.15) is 16.2 Å². The largest absolute Gasteiger partial charge is 0.345 e. The highest BCUT2D eigenvalue weighted by Crippen LogP contribution is 2.14. The van der Waals surface area contributed by atoms with Gasteiger partial charge in [-0.05, 0) is 23.6 Å². The summed E-state index contributed by atoms with van der Waals surface area (Å²) >= 11 is 0. The van der Waals surface area contributed by atoms with Gasteiger partial charge in [-0.25, -0.2) is 4.98 Å². The molecule has 1 N–H and O–H groups in total. The van der Waals surface area contributed by atoms with Gasteiger partial charge in [-0.1, -0.05) is 6.07 Å². The first-order chi connectivity index (χ1) is 9.74. The van der Waals surface area contributed by atoms with Crippen LogP contribution in [0.15, 0.2) is 49.1 Å². The van der Waals surface area contributed by atoms with Crippen LogP contribution in [0, 0.1) is 0 Å². The van der Waals surface area contributed by atoms with Gasteiger partial charge >= 0.3 is 0 Å². The molecule has 100 valence electrons. The molecular weight excluding hydrogens is 252 g/mol. The summed E-state index contributed by atoms with van der Waals surface area (Å²) in [6, 6.07) is 7.46. The number of carbonyl (C=O) groups is 1. The van der Waals surface area contributed by atoms with E-state index in [1.165, 1.54) is 0 Å². The van der Waals surface area contributed by atoms with Crippen LogP contribution in [-0.2, 0) is 13.6 Å². The van der Waals surface area contributed by atoms with Gasteiger partial charge in [-0.15, -0.1) is 0 Å². The number of rotatable bonds is 3. The highest BCUT2D eigenvalue weighted by molar-refractivity contribution is 5.98. The number of pyridine rings is 1. The maximum atomic E-state index is 12.1. The number of hydrogen-bond acceptors (Lipinski definition) is 3. The Kier molecular flexibility index (Phi) is 3.16. The summed E-state index contributed by atoms with van der Waals surface area (Å²) in [6.07, 6.45) is 7.07. The molecule has 5 nitrogen and oxygen atoms in total. The van der Waals surface area contributed by atoms with Crippen molar-refractivity contribution in [1.29, 1.82) is 0 Å². The maximum absolute atomic E-state index is 12.1. The van der Waals surface area contributed by atoms with Crippen molar-refractivity contribution < 1.29 is 4.79 Å². The summed E-state index contributed by atoms with van der Waals surface area (Å²) in [6.45, 7) is 0.413. The van der Waals surface area contributed by atoms with Gasteiger partial charge in [-0.3, -0.25) is 9.78 Å². The topological polar surface area (TPSA) is 59.8 Å². The number of aromatic nitrogens is 3. The Morgan fingerprint density at radius 3 is 2.95 bits per heavy atom. The van der Waals surface area contributed by atoms with Gasteiger partial charge in [0.2, 0.25) is 0 Å². The summed E-state index contributed by atoms with van der Waals surface area (Å²) in [5.74, 6) is 0.718. The molecule has 1 amide bonds. The van der Waals surface area contributed by atoms with Crippen LogP contribution in [0.25, 0.3) is 10.8 Å². The fourth-order valence-electron chi connectivity index (χ4n) is 2.05. The molecule has 0 aliphatic carbocycles. The van der Waals surface area contributed by atoms with Gasteiger partial charge in [0.15, 0.2) is 0 Å². The molecule has 2 heterocycles. The van der Waals surface area contributed by atoms with Crippen molar-refractivity contribution in [3.05, 3.63) is 60.4 Å². The summed E-state index contributed by atoms with van der Waals surface area (Å²) in [5, 5.41) is 4.89. The van der Waals surface area contributed by atoms with Gasteiger partial charge < -0.3 is 9.88 Å². The first-order valence-corrected chi connectivity index (χ1v) is 6.32. The fraction of sp³-hybridized carbons (Fsp3) is 0.133. The second-order valence-corrected chi connectivity index (χ2v) is 4.57. The van der Waals surface area contributed by atoms with E-state index in [-0.39, 0.29) is 5.91 Å². The van der Waals surface area contributed by atoms with Crippen LogP contribution >= 0.6 is 0 Å². The Morgan fingerprint density at radius 1 is 1.25 bits per heavy atom. The Bertz CT molecular complexity index is 763. The lowest BCUT2D eigenvalue weighted by Crippen LogP contribution is -2.24. The van der Waals surface area contributed by atoms with Crippen LogP contribution in [-0.4, -0.2) is 20.4 Å². The lowest BCUT2D eigenvalue weighted by atomic mass is 10.1. The zero-order valence-corrected chi connectivity index (χ0v) is 11.1. The zero-order valence-electron chi connectivity index (χ0n) is 11.1. The Morgan fingerprint density at radius 2 is 2.15 bits per heavy atom. The molecule has 0 atom stereocenters. The maximum Gasteiger partial charge on any atom is 0.251 e. The predicted molar refractivity (Wildman–Crippen MR) is 76.1 cm³/mol. The van der Waals surface area contributed by atoms with E-state index >= 15 is 0 Å². The fourth-order valence-corrected chi connectivity index (χ4v) is 2.05. The van der Waals surface area contributed by atoms with Gasteiger partial charge in [0.1, 0.15) is 5.82 Å². The van der Waals surface area contributed by atoms with Crippen molar-refractivity contribution in [3.8, 4) is 0 Å². The van der Waals surface area contributed by atoms with Crippen LogP contribution in [0.5, 0.6) is 0 Å². The van der Waals surface area contributed by atoms with Gasteiger partial charge in [0.25, 0.3) is 5.91 Å². The molecule has 3 rings (SSSR count). The van der Waals surface area contributed by atoms with Gasteiger partial charge in [0.05, 0.1) is 6.54 Å². The van der Waals surface area contributed by atoms with Crippen molar-refractivity contribution in [2.75, 3.05) is 0 Å². The quantitative estimate of drug-likeness (QED) is 0.787. The number of fused-ring (bicyclic) bond motifs is 1. The first kappa shape index (κ1) is 12.3. The van der Waals surface area contributed by atoms with Crippen molar-refractivity contribution in [3.63, 3.8) is 0 Å². The molecule has 2 aromatic heterocycles. The third kappa shape index (κ3) is 2.38. The lowest BCUT2D eigenvalue weighted by Gasteiger charge is -2.06. The minimum Gasteiger partial charge on any atom is -0.345 e. The summed E-state index contributed by atoms with van der Waals surface area (Å²) in [7, 11) is 1.90. The highest BCUT2D eigenvalue weighted by atomic mass is 16.1. The molecule has 0 saturated heterocycles. The third-order valence-corrected chi connectivity index (χ3v) is 3.23. The number of hydrogen-bond donors (Lipinski definition) is 1. The molecule has 0 fully saturated rings. The zero-order chi connectivity index (χ0) is 13.9. The van der Waals surface area contributed by atoms with Crippen LogP contribution < -0.4 is 5.32 Å². The minimum absolute atomic E-state index is 0.105. The normalized spacial score (nSPS) is 10.7. The second-order valence-electron chi connectivity index (χ2n) is 4.57. The van der Waals surface area contributed by atoms with Crippen LogP contribution in [0.3, 0.4) is 0 Å². The third-order valence-electron chi connectivity index (χ3n) is 3.23. The predicted octanol–water partition coefficient (Wildman–Crippen LogP) is 1.90. The van der Waals surface area contributed by atoms with Crippen molar-refractivity contribution in [2.24, 2.45) is 7.05 Å². The second kappa shape index (κ2) is 5.13. The molecule has 0 saturated carbocycles. The number of nitrogens with one attached hydrogen (secondary N) is 1. The van der Waals surface area contributed by atoms with E-state index in [9.17, 15) is 4.79 Å². The van der Waals surface area contributed by atoms with Crippen LogP contribution in [0.2, 0.25) is 0 Å². The molecule has 0 radical (unpaired) electrons. The van der Waals surface area contributed by atoms with E-state index in [4.69, 9.17) is 0 Å². The average molecular weight is 266 g/mol. The summed E-state index contributed by atoms with van der Waals surface area (Å²) in [4.78, 5) is 20.4. The lowest BCUT2D eigenvalue weighted by molar-refractivity contribution is 0.0950. The Hall–Kier alpha value is -2.69. The van der Waals surface area contributed by atoms with E-state index < -0.39 is 0 Å². The minimum atomic E-state index is -0.105. The number of carbonyl (C=O) groups excluding carboxylic acids is 1. The van der Waals surface area contributed by atoms with E-state index in [1.807, 2.05) is 36.0 Å².